The van der Waals surface area contributed by atoms with E-state index in [2.05, 4.69) is 23.5 Å². The van der Waals surface area contributed by atoms with Gasteiger partial charge in [-0.3, -0.25) is 4.79 Å². The molecule has 0 aliphatic carbocycles. The lowest BCUT2D eigenvalue weighted by atomic mass is 10.2. The molecule has 0 unspecified atom stereocenters. The number of hydrazone groups is 1. The second-order valence-corrected chi connectivity index (χ2v) is 6.00. The molecule has 1 heterocycles. The SMILES string of the molecule is CCc1ccc(C=NNC(=O)c2cccc(N(C)C)c2)s1. The maximum Gasteiger partial charge on any atom is 0.271 e. The number of carbonyl (C=O) groups excluding carboxylic acids is 1. The van der Waals surface area contributed by atoms with Crippen molar-refractivity contribution < 1.29 is 4.79 Å². The van der Waals surface area contributed by atoms with Crippen molar-refractivity contribution in [2.24, 2.45) is 5.10 Å². The minimum absolute atomic E-state index is 0.206. The summed E-state index contributed by atoms with van der Waals surface area (Å²) < 4.78 is 0. The van der Waals surface area contributed by atoms with Gasteiger partial charge in [0.25, 0.3) is 5.91 Å². The van der Waals surface area contributed by atoms with E-state index in [1.807, 2.05) is 43.3 Å². The molecule has 110 valence electrons. The molecule has 1 N–H and O–H groups in total. The van der Waals surface area contributed by atoms with Crippen molar-refractivity contribution in [3.63, 3.8) is 0 Å². The van der Waals surface area contributed by atoms with Gasteiger partial charge in [0.2, 0.25) is 0 Å². The molecule has 0 bridgehead atoms. The Morgan fingerprint density at radius 2 is 2.14 bits per heavy atom. The fourth-order valence-electron chi connectivity index (χ4n) is 1.80. The summed E-state index contributed by atoms with van der Waals surface area (Å²) in [6.45, 7) is 2.12. The zero-order valence-corrected chi connectivity index (χ0v) is 13.3. The fraction of sp³-hybridized carbons (Fsp3) is 0.250. The highest BCUT2D eigenvalue weighted by Gasteiger charge is 2.05. The molecular formula is C16H19N3OS. The number of amides is 1. The first kappa shape index (κ1) is 15.3. The summed E-state index contributed by atoms with van der Waals surface area (Å²) in [4.78, 5) is 16.3. The number of benzene rings is 1. The average Bonchev–Trinajstić information content (AvgIpc) is 2.95. The van der Waals surface area contributed by atoms with Crippen LogP contribution in [0.25, 0.3) is 0 Å². The summed E-state index contributed by atoms with van der Waals surface area (Å²) in [5.41, 5.74) is 4.14. The molecule has 1 aromatic heterocycles. The first-order valence-electron chi connectivity index (χ1n) is 6.79. The van der Waals surface area contributed by atoms with Gasteiger partial charge in [0.1, 0.15) is 0 Å². The van der Waals surface area contributed by atoms with Gasteiger partial charge in [-0.2, -0.15) is 5.10 Å². The average molecular weight is 301 g/mol. The Morgan fingerprint density at radius 1 is 1.33 bits per heavy atom. The summed E-state index contributed by atoms with van der Waals surface area (Å²) in [6.07, 6.45) is 2.69. The Bertz CT molecular complexity index is 646. The summed E-state index contributed by atoms with van der Waals surface area (Å²) in [6, 6.07) is 11.5. The largest absolute Gasteiger partial charge is 0.378 e. The zero-order chi connectivity index (χ0) is 15.2. The highest BCUT2D eigenvalue weighted by atomic mass is 32.1. The highest BCUT2D eigenvalue weighted by molar-refractivity contribution is 7.13. The van der Waals surface area contributed by atoms with E-state index in [1.165, 1.54) is 4.88 Å². The molecule has 0 radical (unpaired) electrons. The molecule has 21 heavy (non-hydrogen) atoms. The van der Waals surface area contributed by atoms with Gasteiger partial charge in [-0.25, -0.2) is 5.43 Å². The fourth-order valence-corrected chi connectivity index (χ4v) is 2.62. The van der Waals surface area contributed by atoms with Crippen molar-refractivity contribution in [2.75, 3.05) is 19.0 Å². The van der Waals surface area contributed by atoms with E-state index in [0.717, 1.165) is 17.0 Å². The molecule has 0 aliphatic heterocycles. The quantitative estimate of drug-likeness (QED) is 0.681. The van der Waals surface area contributed by atoms with Crippen LogP contribution < -0.4 is 10.3 Å². The van der Waals surface area contributed by atoms with Gasteiger partial charge in [0, 0.05) is 35.1 Å². The van der Waals surface area contributed by atoms with Crippen molar-refractivity contribution in [1.29, 1.82) is 0 Å². The van der Waals surface area contributed by atoms with Gasteiger partial charge in [-0.1, -0.05) is 13.0 Å². The van der Waals surface area contributed by atoms with E-state index in [9.17, 15) is 4.79 Å². The third-order valence-electron chi connectivity index (χ3n) is 3.01. The Morgan fingerprint density at radius 3 is 2.81 bits per heavy atom. The van der Waals surface area contributed by atoms with Gasteiger partial charge >= 0.3 is 0 Å². The van der Waals surface area contributed by atoms with E-state index in [1.54, 1.807) is 23.6 Å². The summed E-state index contributed by atoms with van der Waals surface area (Å²) in [5, 5.41) is 4.01. The van der Waals surface area contributed by atoms with Crippen molar-refractivity contribution in [3.05, 3.63) is 51.7 Å². The Labute approximate surface area is 129 Å². The molecule has 1 aromatic carbocycles. The number of carbonyl (C=O) groups is 1. The summed E-state index contributed by atoms with van der Waals surface area (Å²) >= 11 is 1.68. The molecule has 0 fully saturated rings. The molecule has 0 saturated carbocycles. The van der Waals surface area contributed by atoms with Gasteiger partial charge in [0.05, 0.1) is 6.21 Å². The lowest BCUT2D eigenvalue weighted by Crippen LogP contribution is -2.18. The molecule has 0 spiro atoms. The first-order valence-corrected chi connectivity index (χ1v) is 7.61. The molecule has 1 amide bonds. The van der Waals surface area contributed by atoms with Crippen LogP contribution in [0.2, 0.25) is 0 Å². The number of thiophene rings is 1. The highest BCUT2D eigenvalue weighted by Crippen LogP contribution is 2.15. The van der Waals surface area contributed by atoms with Gasteiger partial charge in [-0.15, -0.1) is 11.3 Å². The number of nitrogens with zero attached hydrogens (tertiary/aromatic N) is 2. The second kappa shape index (κ2) is 7.04. The number of aryl methyl sites for hydroxylation is 1. The lowest BCUT2D eigenvalue weighted by Gasteiger charge is -2.12. The van der Waals surface area contributed by atoms with E-state index in [4.69, 9.17) is 0 Å². The van der Waals surface area contributed by atoms with E-state index >= 15 is 0 Å². The van der Waals surface area contributed by atoms with Gasteiger partial charge < -0.3 is 4.90 Å². The lowest BCUT2D eigenvalue weighted by molar-refractivity contribution is 0.0955. The van der Waals surface area contributed by atoms with Crippen LogP contribution in [-0.2, 0) is 6.42 Å². The van der Waals surface area contributed by atoms with Crippen LogP contribution in [-0.4, -0.2) is 26.2 Å². The first-order chi connectivity index (χ1) is 10.1. The van der Waals surface area contributed by atoms with Crippen LogP contribution in [0.4, 0.5) is 5.69 Å². The maximum atomic E-state index is 12.0. The molecular weight excluding hydrogens is 282 g/mol. The number of anilines is 1. The molecule has 4 nitrogen and oxygen atoms in total. The van der Waals surface area contributed by atoms with E-state index in [-0.39, 0.29) is 5.91 Å². The Balaban J connectivity index is 1.99. The summed E-state index contributed by atoms with van der Waals surface area (Å²) in [5.74, 6) is -0.206. The number of hydrogen-bond donors (Lipinski definition) is 1. The zero-order valence-electron chi connectivity index (χ0n) is 12.5. The van der Waals surface area contributed by atoms with Gasteiger partial charge in [-0.05, 0) is 36.8 Å². The van der Waals surface area contributed by atoms with Crippen LogP contribution in [0.1, 0.15) is 27.0 Å². The number of nitrogens with one attached hydrogen (secondary N) is 1. The summed E-state index contributed by atoms with van der Waals surface area (Å²) in [7, 11) is 3.88. The van der Waals surface area contributed by atoms with Crippen LogP contribution in [0.3, 0.4) is 0 Å². The monoisotopic (exact) mass is 301 g/mol. The standard InChI is InChI=1S/C16H19N3OS/c1-4-14-8-9-15(21-14)11-17-18-16(20)12-6-5-7-13(10-12)19(2)3/h5-11H,4H2,1-3H3,(H,18,20). The van der Waals surface area contributed by atoms with Crippen molar-refractivity contribution in [1.82, 2.24) is 5.43 Å². The molecule has 5 heteroatoms. The molecule has 0 aliphatic rings. The van der Waals surface area contributed by atoms with E-state index < -0.39 is 0 Å². The van der Waals surface area contributed by atoms with Crippen LogP contribution in [0, 0.1) is 0 Å². The van der Waals surface area contributed by atoms with Crippen molar-refractivity contribution in [3.8, 4) is 0 Å². The van der Waals surface area contributed by atoms with Crippen molar-refractivity contribution >= 4 is 29.1 Å². The predicted molar refractivity (Wildman–Crippen MR) is 89.5 cm³/mol. The number of hydrogen-bond acceptors (Lipinski definition) is 4. The van der Waals surface area contributed by atoms with Crippen LogP contribution in [0.5, 0.6) is 0 Å². The van der Waals surface area contributed by atoms with Crippen molar-refractivity contribution in [2.45, 2.75) is 13.3 Å². The van der Waals surface area contributed by atoms with Crippen LogP contribution >= 0.6 is 11.3 Å². The molecule has 2 rings (SSSR count). The normalized spacial score (nSPS) is 10.8. The minimum atomic E-state index is -0.206. The maximum absolute atomic E-state index is 12.0. The Kier molecular flexibility index (Phi) is 5.11. The molecule has 0 saturated heterocycles. The third kappa shape index (κ3) is 4.16. The van der Waals surface area contributed by atoms with Gasteiger partial charge in [0.15, 0.2) is 0 Å². The minimum Gasteiger partial charge on any atom is -0.378 e. The smallest absolute Gasteiger partial charge is 0.271 e. The topological polar surface area (TPSA) is 44.7 Å². The van der Waals surface area contributed by atoms with Crippen LogP contribution in [0.15, 0.2) is 41.5 Å². The molecule has 2 aromatic rings. The predicted octanol–water partition coefficient (Wildman–Crippen LogP) is 3.14. The van der Waals surface area contributed by atoms with E-state index in [0.29, 0.717) is 5.56 Å². The Hall–Kier alpha value is -2.14. The second-order valence-electron chi connectivity index (χ2n) is 4.80. The number of rotatable bonds is 5. The molecule has 0 atom stereocenters. The third-order valence-corrected chi connectivity index (χ3v) is 4.18.